The van der Waals surface area contributed by atoms with E-state index in [2.05, 4.69) is 10.1 Å². The molecule has 0 aromatic rings. The largest absolute Gasteiger partial charge is 0.303 e. The number of rotatable bonds is 1. The lowest BCUT2D eigenvalue weighted by Gasteiger charge is -2.09. The van der Waals surface area contributed by atoms with Crippen LogP contribution < -0.4 is 5.90 Å². The molecule has 0 heterocycles. The van der Waals surface area contributed by atoms with Crippen molar-refractivity contribution in [3.63, 3.8) is 0 Å². The summed E-state index contributed by atoms with van der Waals surface area (Å²) in [5.41, 5.74) is 1.11. The molecule has 52 valence electrons. The van der Waals surface area contributed by atoms with Crippen LogP contribution in [0.2, 0.25) is 0 Å². The monoisotopic (exact) mass is 128 g/mol. The van der Waals surface area contributed by atoms with E-state index in [0.29, 0.717) is 0 Å². The highest BCUT2D eigenvalue weighted by Crippen LogP contribution is 2.14. The molecule has 0 aliphatic heterocycles. The average Bonchev–Trinajstić information content (AvgIpc) is 1.91. The third-order valence-corrected chi connectivity index (χ3v) is 1.61. The van der Waals surface area contributed by atoms with Crippen LogP contribution in [0.4, 0.5) is 0 Å². The molecular formula is C6H12N2O. The summed E-state index contributed by atoms with van der Waals surface area (Å²) in [7, 11) is 0. The molecule has 1 fully saturated rings. The second-order valence-corrected chi connectivity index (χ2v) is 2.32. The van der Waals surface area contributed by atoms with Gasteiger partial charge < -0.3 is 4.94 Å². The maximum atomic E-state index is 4.77. The van der Waals surface area contributed by atoms with Gasteiger partial charge in [-0.25, -0.2) is 0 Å². The van der Waals surface area contributed by atoms with Crippen molar-refractivity contribution in [3.05, 3.63) is 0 Å². The minimum absolute atomic E-state index is 1.07. The lowest BCUT2D eigenvalue weighted by atomic mass is 9.99. The Balaban J connectivity index is 2.30. The Labute approximate surface area is 54.8 Å². The van der Waals surface area contributed by atoms with Gasteiger partial charge in [0.1, 0.15) is 0 Å². The maximum Gasteiger partial charge on any atom is 0.0597 e. The van der Waals surface area contributed by atoms with Crippen molar-refractivity contribution < 1.29 is 4.94 Å². The Hall–Kier alpha value is -0.570. The summed E-state index contributed by atoms with van der Waals surface area (Å²) in [4.78, 5) is 4.17. The van der Waals surface area contributed by atoms with E-state index in [4.69, 9.17) is 5.90 Å². The number of oxime groups is 1. The minimum Gasteiger partial charge on any atom is -0.303 e. The van der Waals surface area contributed by atoms with E-state index in [-0.39, 0.29) is 0 Å². The predicted octanol–water partition coefficient (Wildman–Crippen LogP) is 1.20. The second-order valence-electron chi connectivity index (χ2n) is 2.32. The molecule has 0 aromatic heterocycles. The van der Waals surface area contributed by atoms with Crippen LogP contribution in [0, 0.1) is 0 Å². The molecule has 1 aliphatic rings. The first-order chi connectivity index (χ1) is 4.43. The van der Waals surface area contributed by atoms with Crippen LogP contribution in [0.15, 0.2) is 5.16 Å². The molecule has 0 spiro atoms. The van der Waals surface area contributed by atoms with Gasteiger partial charge in [-0.05, 0) is 25.7 Å². The van der Waals surface area contributed by atoms with E-state index in [1.54, 1.807) is 0 Å². The first-order valence-electron chi connectivity index (χ1n) is 3.35. The van der Waals surface area contributed by atoms with E-state index in [0.717, 1.165) is 18.6 Å². The highest BCUT2D eigenvalue weighted by Gasteiger charge is 2.06. The van der Waals surface area contributed by atoms with Crippen LogP contribution in [0.3, 0.4) is 0 Å². The van der Waals surface area contributed by atoms with Crippen molar-refractivity contribution in [2.75, 3.05) is 0 Å². The zero-order valence-corrected chi connectivity index (χ0v) is 5.47. The lowest BCUT2D eigenvalue weighted by Crippen LogP contribution is -2.06. The molecule has 3 nitrogen and oxygen atoms in total. The summed E-state index contributed by atoms with van der Waals surface area (Å²) in [5, 5.41) is 3.68. The Morgan fingerprint density at radius 3 is 2.44 bits per heavy atom. The molecule has 1 aliphatic carbocycles. The van der Waals surface area contributed by atoms with E-state index >= 15 is 0 Å². The lowest BCUT2D eigenvalue weighted by molar-refractivity contribution is 0.147. The van der Waals surface area contributed by atoms with E-state index in [9.17, 15) is 0 Å². The Kier molecular flexibility index (Phi) is 2.51. The molecule has 0 atom stereocenters. The molecule has 3 heteroatoms. The third kappa shape index (κ3) is 2.01. The minimum atomic E-state index is 1.07. The number of nitrogens with two attached hydrogens (primary N) is 1. The van der Waals surface area contributed by atoms with Crippen molar-refractivity contribution in [2.24, 2.45) is 11.1 Å². The Morgan fingerprint density at radius 1 is 1.22 bits per heavy atom. The quantitative estimate of drug-likeness (QED) is 0.539. The van der Waals surface area contributed by atoms with Crippen LogP contribution in [-0.4, -0.2) is 5.71 Å². The summed E-state index contributed by atoms with van der Waals surface area (Å²) < 4.78 is 0. The summed E-state index contributed by atoms with van der Waals surface area (Å²) in [6.07, 6.45) is 5.93. The smallest absolute Gasteiger partial charge is 0.0597 e. The first kappa shape index (κ1) is 6.55. The fraction of sp³-hybridized carbons (Fsp3) is 0.833. The van der Waals surface area contributed by atoms with Crippen molar-refractivity contribution >= 4 is 5.71 Å². The van der Waals surface area contributed by atoms with Gasteiger partial charge in [-0.15, -0.1) is 5.90 Å². The third-order valence-electron chi connectivity index (χ3n) is 1.61. The summed E-state index contributed by atoms with van der Waals surface area (Å²) in [6.45, 7) is 0. The molecule has 9 heavy (non-hydrogen) atoms. The van der Waals surface area contributed by atoms with Crippen LogP contribution in [0.5, 0.6) is 0 Å². The van der Waals surface area contributed by atoms with Crippen molar-refractivity contribution in [1.29, 1.82) is 0 Å². The summed E-state index contributed by atoms with van der Waals surface area (Å²) in [5.74, 6) is 4.77. The standard InChI is InChI=1S/C6H12N2O/c7-9-8-6-4-2-1-3-5-6/h1-5,7H2. The van der Waals surface area contributed by atoms with Crippen LogP contribution in [0.25, 0.3) is 0 Å². The predicted molar refractivity (Wildman–Crippen MR) is 35.8 cm³/mol. The van der Waals surface area contributed by atoms with Gasteiger partial charge in [0, 0.05) is 0 Å². The van der Waals surface area contributed by atoms with Crippen molar-refractivity contribution in [1.82, 2.24) is 0 Å². The molecule has 0 amide bonds. The highest BCUT2D eigenvalue weighted by atomic mass is 16.7. The van der Waals surface area contributed by atoms with Crippen LogP contribution >= 0.6 is 0 Å². The van der Waals surface area contributed by atoms with E-state index in [1.807, 2.05) is 0 Å². The zero-order valence-electron chi connectivity index (χ0n) is 5.47. The zero-order chi connectivity index (χ0) is 6.53. The number of nitrogens with zero attached hydrogens (tertiary/aromatic N) is 1. The number of hydrogen-bond donors (Lipinski definition) is 1. The first-order valence-corrected chi connectivity index (χ1v) is 3.35. The van der Waals surface area contributed by atoms with E-state index < -0.39 is 0 Å². The Bertz CT molecular complexity index is 104. The van der Waals surface area contributed by atoms with Gasteiger partial charge in [-0.2, -0.15) is 0 Å². The van der Waals surface area contributed by atoms with Gasteiger partial charge in [0.25, 0.3) is 0 Å². The van der Waals surface area contributed by atoms with Gasteiger partial charge in [0.15, 0.2) is 0 Å². The highest BCUT2D eigenvalue weighted by molar-refractivity contribution is 5.84. The summed E-state index contributed by atoms with van der Waals surface area (Å²) in [6, 6.07) is 0. The SMILES string of the molecule is NON=C1CCCCC1. The number of hydrogen-bond acceptors (Lipinski definition) is 3. The molecule has 0 saturated heterocycles. The van der Waals surface area contributed by atoms with Gasteiger partial charge in [0.2, 0.25) is 0 Å². The molecule has 2 N–H and O–H groups in total. The van der Waals surface area contributed by atoms with Crippen molar-refractivity contribution in [2.45, 2.75) is 32.1 Å². The maximum absolute atomic E-state index is 4.77. The topological polar surface area (TPSA) is 47.6 Å². The van der Waals surface area contributed by atoms with Gasteiger partial charge in [-0.3, -0.25) is 0 Å². The normalized spacial score (nSPS) is 19.4. The van der Waals surface area contributed by atoms with Gasteiger partial charge in [0.05, 0.1) is 5.71 Å². The fourth-order valence-electron chi connectivity index (χ4n) is 1.13. The molecule has 1 rings (SSSR count). The van der Waals surface area contributed by atoms with Crippen LogP contribution in [0.1, 0.15) is 32.1 Å². The molecule has 0 unspecified atom stereocenters. The van der Waals surface area contributed by atoms with Crippen LogP contribution in [-0.2, 0) is 4.94 Å². The molecule has 0 aromatic carbocycles. The van der Waals surface area contributed by atoms with Gasteiger partial charge in [-0.1, -0.05) is 11.6 Å². The Morgan fingerprint density at radius 2 is 1.89 bits per heavy atom. The van der Waals surface area contributed by atoms with Gasteiger partial charge >= 0.3 is 0 Å². The second kappa shape index (κ2) is 3.45. The van der Waals surface area contributed by atoms with Crippen molar-refractivity contribution in [3.8, 4) is 0 Å². The fourth-order valence-corrected chi connectivity index (χ4v) is 1.13. The average molecular weight is 128 g/mol. The molecule has 1 saturated carbocycles. The molecule has 0 radical (unpaired) electrons. The summed E-state index contributed by atoms with van der Waals surface area (Å²) >= 11 is 0. The molecular weight excluding hydrogens is 116 g/mol. The molecule has 0 bridgehead atoms. The van der Waals surface area contributed by atoms with E-state index in [1.165, 1.54) is 19.3 Å².